The second kappa shape index (κ2) is 8.29. The number of methoxy groups -OCH3 is 2. The molecule has 0 bridgehead atoms. The van der Waals surface area contributed by atoms with Gasteiger partial charge in [-0.15, -0.1) is 0 Å². The highest BCUT2D eigenvalue weighted by Crippen LogP contribution is 2.35. The molecule has 0 heterocycles. The minimum Gasteiger partial charge on any atom is -0.469 e. The summed E-state index contributed by atoms with van der Waals surface area (Å²) >= 11 is 0. The molecular formula is C20H21NO4. The van der Waals surface area contributed by atoms with Crippen LogP contribution in [0.5, 0.6) is 0 Å². The molecule has 25 heavy (non-hydrogen) atoms. The first-order valence-corrected chi connectivity index (χ1v) is 8.09. The van der Waals surface area contributed by atoms with E-state index in [2.05, 4.69) is 6.07 Å². The SMILES string of the molecule is COC(=O)CCC(C#N)(CCC(=O)OC)c1ccc2ccccc2c1. The van der Waals surface area contributed by atoms with Crippen molar-refractivity contribution in [3.05, 3.63) is 48.0 Å². The molecule has 0 amide bonds. The van der Waals surface area contributed by atoms with E-state index in [1.54, 1.807) is 0 Å². The number of benzene rings is 2. The topological polar surface area (TPSA) is 76.4 Å². The van der Waals surface area contributed by atoms with Crippen LogP contribution >= 0.6 is 0 Å². The monoisotopic (exact) mass is 339 g/mol. The maximum Gasteiger partial charge on any atom is 0.305 e. The average Bonchev–Trinajstić information content (AvgIpc) is 2.67. The van der Waals surface area contributed by atoms with Crippen LogP contribution in [-0.4, -0.2) is 26.2 Å². The first kappa shape index (κ1) is 18.5. The molecule has 5 heteroatoms. The van der Waals surface area contributed by atoms with Crippen LogP contribution in [0.1, 0.15) is 31.2 Å². The smallest absolute Gasteiger partial charge is 0.305 e. The Bertz CT molecular complexity index is 787. The van der Waals surface area contributed by atoms with Gasteiger partial charge in [0.05, 0.1) is 25.7 Å². The second-order valence-corrected chi connectivity index (χ2v) is 5.91. The zero-order valence-electron chi connectivity index (χ0n) is 14.5. The third-order valence-corrected chi connectivity index (χ3v) is 4.48. The van der Waals surface area contributed by atoms with E-state index in [1.807, 2.05) is 42.5 Å². The van der Waals surface area contributed by atoms with Crippen LogP contribution in [0.2, 0.25) is 0 Å². The van der Waals surface area contributed by atoms with E-state index >= 15 is 0 Å². The molecule has 0 aliphatic heterocycles. The number of hydrogen-bond acceptors (Lipinski definition) is 5. The molecule has 0 unspecified atom stereocenters. The third-order valence-electron chi connectivity index (χ3n) is 4.48. The molecule has 2 aromatic carbocycles. The molecule has 0 aliphatic carbocycles. The first-order chi connectivity index (χ1) is 12.0. The normalized spacial score (nSPS) is 10.9. The van der Waals surface area contributed by atoms with Gasteiger partial charge in [0.2, 0.25) is 0 Å². The molecule has 0 saturated carbocycles. The number of ether oxygens (including phenoxy) is 2. The van der Waals surface area contributed by atoms with Gasteiger partial charge in [-0.3, -0.25) is 9.59 Å². The highest BCUT2D eigenvalue weighted by molar-refractivity contribution is 5.83. The molecule has 2 rings (SSSR count). The van der Waals surface area contributed by atoms with E-state index in [-0.39, 0.29) is 37.6 Å². The molecule has 5 nitrogen and oxygen atoms in total. The Morgan fingerprint density at radius 3 is 2.04 bits per heavy atom. The second-order valence-electron chi connectivity index (χ2n) is 5.91. The number of hydrogen-bond donors (Lipinski definition) is 0. The van der Waals surface area contributed by atoms with Crippen LogP contribution in [0.4, 0.5) is 0 Å². The van der Waals surface area contributed by atoms with Gasteiger partial charge in [-0.05, 0) is 35.2 Å². The summed E-state index contributed by atoms with van der Waals surface area (Å²) in [6, 6.07) is 16.0. The minimum atomic E-state index is -0.952. The molecule has 0 saturated heterocycles. The van der Waals surface area contributed by atoms with Crippen LogP contribution in [0.3, 0.4) is 0 Å². The molecule has 0 atom stereocenters. The van der Waals surface area contributed by atoms with Crippen molar-refractivity contribution < 1.29 is 19.1 Å². The summed E-state index contributed by atoms with van der Waals surface area (Å²) in [6.07, 6.45) is 0.785. The van der Waals surface area contributed by atoms with Gasteiger partial charge >= 0.3 is 11.9 Å². The lowest BCUT2D eigenvalue weighted by atomic mass is 9.74. The number of esters is 2. The van der Waals surface area contributed by atoms with Gasteiger partial charge in [-0.1, -0.05) is 36.4 Å². The predicted octanol–water partition coefficient (Wildman–Crippen LogP) is 3.51. The van der Waals surface area contributed by atoms with Crippen LogP contribution in [0, 0.1) is 11.3 Å². The average molecular weight is 339 g/mol. The zero-order valence-corrected chi connectivity index (χ0v) is 14.5. The van der Waals surface area contributed by atoms with Gasteiger partial charge in [-0.2, -0.15) is 5.26 Å². The lowest BCUT2D eigenvalue weighted by molar-refractivity contribution is -0.141. The van der Waals surface area contributed by atoms with E-state index in [0.717, 1.165) is 16.3 Å². The maximum absolute atomic E-state index is 11.6. The van der Waals surface area contributed by atoms with Crippen molar-refractivity contribution in [1.82, 2.24) is 0 Å². The van der Waals surface area contributed by atoms with E-state index in [0.29, 0.717) is 0 Å². The Balaban J connectivity index is 2.40. The van der Waals surface area contributed by atoms with Gasteiger partial charge in [0.1, 0.15) is 0 Å². The fourth-order valence-electron chi connectivity index (χ4n) is 2.91. The van der Waals surface area contributed by atoms with Gasteiger partial charge in [-0.25, -0.2) is 0 Å². The zero-order chi connectivity index (χ0) is 18.3. The summed E-state index contributed by atoms with van der Waals surface area (Å²) in [5, 5.41) is 12.0. The van der Waals surface area contributed by atoms with Crippen LogP contribution in [0.25, 0.3) is 10.8 Å². The summed E-state index contributed by atoms with van der Waals surface area (Å²) in [5.74, 6) is -0.753. The quantitative estimate of drug-likeness (QED) is 0.722. The van der Waals surface area contributed by atoms with Crippen molar-refractivity contribution in [3.8, 4) is 6.07 Å². The highest BCUT2D eigenvalue weighted by atomic mass is 16.5. The van der Waals surface area contributed by atoms with Gasteiger partial charge in [0, 0.05) is 12.8 Å². The third kappa shape index (κ3) is 4.36. The van der Waals surface area contributed by atoms with Crippen LogP contribution < -0.4 is 0 Å². The van der Waals surface area contributed by atoms with Crippen LogP contribution in [0.15, 0.2) is 42.5 Å². The summed E-state index contributed by atoms with van der Waals surface area (Å²) in [4.78, 5) is 23.2. The van der Waals surface area contributed by atoms with Crippen LogP contribution in [-0.2, 0) is 24.5 Å². The van der Waals surface area contributed by atoms with Crippen molar-refractivity contribution in [2.24, 2.45) is 0 Å². The predicted molar refractivity (Wildman–Crippen MR) is 93.7 cm³/mol. The summed E-state index contributed by atoms with van der Waals surface area (Å²) < 4.78 is 9.41. The standard InChI is InChI=1S/C20H21NO4/c1-24-18(22)9-11-20(14-21,12-10-19(23)25-2)17-8-7-15-5-3-4-6-16(15)13-17/h3-8,13H,9-12H2,1-2H3. The van der Waals surface area contributed by atoms with Crippen molar-refractivity contribution in [3.63, 3.8) is 0 Å². The van der Waals surface area contributed by atoms with Gasteiger partial charge in [0.15, 0.2) is 0 Å². The number of rotatable bonds is 7. The van der Waals surface area contributed by atoms with E-state index in [9.17, 15) is 14.9 Å². The highest BCUT2D eigenvalue weighted by Gasteiger charge is 2.34. The molecular weight excluding hydrogens is 318 g/mol. The number of carbonyl (C=O) groups excluding carboxylic acids is 2. The van der Waals surface area contributed by atoms with Crippen molar-refractivity contribution in [1.29, 1.82) is 5.26 Å². The fraction of sp³-hybridized carbons (Fsp3) is 0.350. The largest absolute Gasteiger partial charge is 0.469 e. The Morgan fingerprint density at radius 2 is 1.52 bits per heavy atom. The molecule has 0 N–H and O–H groups in total. The molecule has 0 spiro atoms. The molecule has 2 aromatic rings. The van der Waals surface area contributed by atoms with E-state index in [4.69, 9.17) is 9.47 Å². The first-order valence-electron chi connectivity index (χ1n) is 8.09. The van der Waals surface area contributed by atoms with Gasteiger partial charge < -0.3 is 9.47 Å². The molecule has 0 fully saturated rings. The Kier molecular flexibility index (Phi) is 6.13. The Labute approximate surface area is 147 Å². The number of fused-ring (bicyclic) bond motifs is 1. The lowest BCUT2D eigenvalue weighted by Gasteiger charge is -2.27. The molecule has 0 radical (unpaired) electrons. The van der Waals surface area contributed by atoms with E-state index in [1.165, 1.54) is 14.2 Å². The fourth-order valence-corrected chi connectivity index (χ4v) is 2.91. The number of nitriles is 1. The summed E-state index contributed by atoms with van der Waals surface area (Å²) in [5.41, 5.74) is -0.159. The lowest BCUT2D eigenvalue weighted by Crippen LogP contribution is -2.27. The van der Waals surface area contributed by atoms with Crippen molar-refractivity contribution >= 4 is 22.7 Å². The van der Waals surface area contributed by atoms with E-state index < -0.39 is 5.41 Å². The summed E-state index contributed by atoms with van der Waals surface area (Å²) in [7, 11) is 2.64. The molecule has 0 aromatic heterocycles. The Morgan fingerprint density at radius 1 is 0.960 bits per heavy atom. The molecule has 130 valence electrons. The van der Waals surface area contributed by atoms with Gasteiger partial charge in [0.25, 0.3) is 0 Å². The summed E-state index contributed by atoms with van der Waals surface area (Å²) in [6.45, 7) is 0. The maximum atomic E-state index is 11.6. The number of carbonyl (C=O) groups is 2. The van der Waals surface area contributed by atoms with Crippen molar-refractivity contribution in [2.75, 3.05) is 14.2 Å². The van der Waals surface area contributed by atoms with Crippen molar-refractivity contribution in [2.45, 2.75) is 31.1 Å². The number of nitrogens with zero attached hydrogens (tertiary/aromatic N) is 1. The Hall–Kier alpha value is -2.87. The molecule has 0 aliphatic rings. The minimum absolute atomic E-state index is 0.109.